The van der Waals surface area contributed by atoms with Crippen LogP contribution in [0.2, 0.25) is 0 Å². The second-order valence-electron chi connectivity index (χ2n) is 8.85. The first kappa shape index (κ1) is 22.0. The number of nitrogens with one attached hydrogen (secondary N) is 1. The first-order valence-corrected chi connectivity index (χ1v) is 12.1. The highest BCUT2D eigenvalue weighted by molar-refractivity contribution is 7.15. The fraction of sp³-hybridized carbons (Fsp3) is 0.542. The Labute approximate surface area is 188 Å². The maximum atomic E-state index is 13.3. The second-order valence-corrected chi connectivity index (χ2v) is 9.93. The van der Waals surface area contributed by atoms with E-state index in [1.165, 1.54) is 11.3 Å². The van der Waals surface area contributed by atoms with Gasteiger partial charge in [0.2, 0.25) is 11.8 Å². The van der Waals surface area contributed by atoms with Crippen LogP contribution < -0.4 is 5.32 Å². The Hall–Kier alpha value is -2.25. The van der Waals surface area contributed by atoms with E-state index < -0.39 is 0 Å². The van der Waals surface area contributed by atoms with Gasteiger partial charge in [-0.2, -0.15) is 0 Å². The number of hydrogen-bond acceptors (Lipinski definition) is 5. The minimum Gasteiger partial charge on any atom is -0.340 e. The van der Waals surface area contributed by atoms with Crippen molar-refractivity contribution in [2.24, 2.45) is 0 Å². The van der Waals surface area contributed by atoms with Crippen LogP contribution in [-0.4, -0.2) is 58.8 Å². The Bertz CT molecular complexity index is 919. The van der Waals surface area contributed by atoms with Gasteiger partial charge in [-0.3, -0.25) is 14.5 Å². The zero-order chi connectivity index (χ0) is 22.0. The molecule has 1 aromatic heterocycles. The molecule has 1 aliphatic carbocycles. The second kappa shape index (κ2) is 9.49. The molecule has 2 unspecified atom stereocenters. The lowest BCUT2D eigenvalue weighted by Crippen LogP contribution is -2.52. The van der Waals surface area contributed by atoms with Crippen molar-refractivity contribution in [3.63, 3.8) is 0 Å². The number of carbonyl (C=O) groups is 2. The van der Waals surface area contributed by atoms with E-state index in [2.05, 4.69) is 24.1 Å². The van der Waals surface area contributed by atoms with Crippen molar-refractivity contribution in [3.8, 4) is 0 Å². The lowest BCUT2D eigenvalue weighted by Gasteiger charge is -2.38. The van der Waals surface area contributed by atoms with Gasteiger partial charge < -0.3 is 10.2 Å². The molecule has 166 valence electrons. The number of benzene rings is 1. The Morgan fingerprint density at radius 1 is 1.10 bits per heavy atom. The van der Waals surface area contributed by atoms with Gasteiger partial charge in [-0.15, -0.1) is 11.3 Å². The molecule has 4 rings (SSSR count). The summed E-state index contributed by atoms with van der Waals surface area (Å²) in [4.78, 5) is 36.4. The van der Waals surface area contributed by atoms with Crippen LogP contribution in [0.25, 0.3) is 0 Å². The van der Waals surface area contributed by atoms with Gasteiger partial charge in [-0.1, -0.05) is 30.3 Å². The summed E-state index contributed by atoms with van der Waals surface area (Å²) >= 11 is 1.53. The maximum absolute atomic E-state index is 13.3. The lowest BCUT2D eigenvalue weighted by molar-refractivity contribution is -0.135. The van der Waals surface area contributed by atoms with E-state index in [1.807, 2.05) is 42.2 Å². The third-order valence-corrected chi connectivity index (χ3v) is 7.58. The monoisotopic (exact) mass is 440 g/mol. The minimum absolute atomic E-state index is 0.0648. The lowest BCUT2D eigenvalue weighted by atomic mass is 9.89. The highest BCUT2D eigenvalue weighted by Gasteiger charge is 2.34. The highest BCUT2D eigenvalue weighted by Crippen LogP contribution is 2.38. The van der Waals surface area contributed by atoms with Crippen LogP contribution in [0.3, 0.4) is 0 Å². The molecule has 0 saturated carbocycles. The largest absolute Gasteiger partial charge is 0.340 e. The molecule has 2 aliphatic rings. The number of nitrogens with zero attached hydrogens (tertiary/aromatic N) is 3. The van der Waals surface area contributed by atoms with Crippen LogP contribution in [0.4, 0.5) is 5.13 Å². The summed E-state index contributed by atoms with van der Waals surface area (Å²) in [5.74, 6) is -0.297. The molecule has 2 aromatic rings. The molecule has 0 spiro atoms. The van der Waals surface area contributed by atoms with Crippen LogP contribution in [0.15, 0.2) is 30.3 Å². The molecule has 1 N–H and O–H groups in total. The summed E-state index contributed by atoms with van der Waals surface area (Å²) in [6.07, 6.45) is 2.77. The first-order chi connectivity index (χ1) is 14.9. The zero-order valence-electron chi connectivity index (χ0n) is 18.6. The number of rotatable bonds is 5. The smallest absolute Gasteiger partial charge is 0.233 e. The quantitative estimate of drug-likeness (QED) is 0.767. The average molecular weight is 441 g/mol. The van der Waals surface area contributed by atoms with E-state index in [0.717, 1.165) is 61.6 Å². The van der Waals surface area contributed by atoms with Crippen molar-refractivity contribution in [1.29, 1.82) is 0 Å². The minimum atomic E-state index is -0.253. The van der Waals surface area contributed by atoms with Crippen LogP contribution in [0.1, 0.15) is 61.6 Å². The summed E-state index contributed by atoms with van der Waals surface area (Å²) < 4.78 is 0. The third kappa shape index (κ3) is 4.83. The summed E-state index contributed by atoms with van der Waals surface area (Å²) in [5.41, 5.74) is 1.87. The van der Waals surface area contributed by atoms with Gasteiger partial charge in [0.25, 0.3) is 0 Å². The van der Waals surface area contributed by atoms with E-state index in [0.29, 0.717) is 11.2 Å². The topological polar surface area (TPSA) is 65.5 Å². The van der Waals surface area contributed by atoms with Gasteiger partial charge in [-0.25, -0.2) is 4.98 Å². The molecule has 2 amide bonds. The molecule has 2 heterocycles. The SMILES string of the molecule is CC(C(=O)Nc1nc2c(s1)CCCC2C(=O)N1CCN(C(C)C)CC1)c1ccccc1. The molecular formula is C24H32N4O2S. The molecule has 31 heavy (non-hydrogen) atoms. The van der Waals surface area contributed by atoms with Gasteiger partial charge >= 0.3 is 0 Å². The standard InChI is InChI=1S/C24H32N4O2S/c1-16(2)27-12-14-28(15-13-27)23(30)19-10-7-11-20-21(19)25-24(31-20)26-22(29)17(3)18-8-5-4-6-9-18/h4-6,8-9,16-17,19H,7,10-15H2,1-3H3,(H,25,26,29). The number of amides is 2. The van der Waals surface area contributed by atoms with Gasteiger partial charge in [0.05, 0.1) is 17.5 Å². The molecule has 6 nitrogen and oxygen atoms in total. The third-order valence-electron chi connectivity index (χ3n) is 6.53. The summed E-state index contributed by atoms with van der Waals surface area (Å²) in [6, 6.07) is 10.3. The van der Waals surface area contributed by atoms with E-state index in [1.54, 1.807) is 0 Å². The average Bonchev–Trinajstić information content (AvgIpc) is 3.21. The van der Waals surface area contributed by atoms with Gasteiger partial charge in [0, 0.05) is 37.1 Å². The van der Waals surface area contributed by atoms with E-state index >= 15 is 0 Å². The predicted molar refractivity (Wildman–Crippen MR) is 125 cm³/mol. The fourth-order valence-electron chi connectivity index (χ4n) is 4.50. The molecule has 0 radical (unpaired) electrons. The van der Waals surface area contributed by atoms with Gasteiger partial charge in [0.1, 0.15) is 0 Å². The van der Waals surface area contributed by atoms with Crippen molar-refractivity contribution in [2.75, 3.05) is 31.5 Å². The van der Waals surface area contributed by atoms with E-state index in [9.17, 15) is 9.59 Å². The molecule has 1 aromatic carbocycles. The normalized spacial score (nSPS) is 20.4. The number of carbonyl (C=O) groups excluding carboxylic acids is 2. The Morgan fingerprint density at radius 3 is 2.48 bits per heavy atom. The van der Waals surface area contributed by atoms with Crippen LogP contribution in [-0.2, 0) is 16.0 Å². The van der Waals surface area contributed by atoms with Crippen molar-refractivity contribution in [3.05, 3.63) is 46.5 Å². The molecule has 1 saturated heterocycles. The fourth-order valence-corrected chi connectivity index (χ4v) is 5.57. The number of aromatic nitrogens is 1. The number of aryl methyl sites for hydroxylation is 1. The van der Waals surface area contributed by atoms with E-state index in [4.69, 9.17) is 4.98 Å². The number of piperazine rings is 1. The van der Waals surface area contributed by atoms with Gasteiger partial charge in [0.15, 0.2) is 5.13 Å². The molecule has 1 aliphatic heterocycles. The molecule has 0 bridgehead atoms. The molecular weight excluding hydrogens is 408 g/mol. The predicted octanol–water partition coefficient (Wildman–Crippen LogP) is 3.86. The van der Waals surface area contributed by atoms with Crippen LogP contribution in [0.5, 0.6) is 0 Å². The maximum Gasteiger partial charge on any atom is 0.233 e. The van der Waals surface area contributed by atoms with Crippen molar-refractivity contribution < 1.29 is 9.59 Å². The van der Waals surface area contributed by atoms with Crippen LogP contribution in [0, 0.1) is 0 Å². The Balaban J connectivity index is 1.44. The molecule has 2 atom stereocenters. The summed E-state index contributed by atoms with van der Waals surface area (Å²) in [7, 11) is 0. The molecule has 1 fully saturated rings. The van der Waals surface area contributed by atoms with Crippen molar-refractivity contribution in [2.45, 2.75) is 57.9 Å². The van der Waals surface area contributed by atoms with Crippen molar-refractivity contribution >= 4 is 28.3 Å². The number of anilines is 1. The van der Waals surface area contributed by atoms with Gasteiger partial charge in [-0.05, 0) is 45.6 Å². The molecule has 7 heteroatoms. The Morgan fingerprint density at radius 2 is 1.81 bits per heavy atom. The number of thiazole rings is 1. The van der Waals surface area contributed by atoms with Crippen molar-refractivity contribution in [1.82, 2.24) is 14.8 Å². The summed E-state index contributed by atoms with van der Waals surface area (Å²) in [6.45, 7) is 9.73. The number of fused-ring (bicyclic) bond motifs is 1. The zero-order valence-corrected chi connectivity index (χ0v) is 19.5. The summed E-state index contributed by atoms with van der Waals surface area (Å²) in [5, 5.41) is 3.60. The van der Waals surface area contributed by atoms with Crippen LogP contribution >= 0.6 is 11.3 Å². The Kier molecular flexibility index (Phi) is 6.72. The number of hydrogen-bond donors (Lipinski definition) is 1. The van der Waals surface area contributed by atoms with E-state index in [-0.39, 0.29) is 23.7 Å². The highest BCUT2D eigenvalue weighted by atomic mass is 32.1. The first-order valence-electron chi connectivity index (χ1n) is 11.3.